The zero-order chi connectivity index (χ0) is 46.9. The van der Waals surface area contributed by atoms with E-state index in [-0.39, 0.29) is 19.4 Å². The van der Waals surface area contributed by atoms with E-state index in [1.165, 1.54) is 89.9 Å². The Morgan fingerprint density at radius 2 is 0.859 bits per heavy atom. The van der Waals surface area contributed by atoms with Gasteiger partial charge in [0.15, 0.2) is 6.10 Å². The molecule has 0 saturated carbocycles. The number of ether oxygens (including phenoxy) is 2. The summed E-state index contributed by atoms with van der Waals surface area (Å²) in [6.45, 7) is 2.25. The quantitative estimate of drug-likeness (QED) is 0.0233. The summed E-state index contributed by atoms with van der Waals surface area (Å²) in [6.07, 6.45) is 57.2. The number of rotatable bonds is 47. The molecule has 0 aliphatic carbocycles. The minimum atomic E-state index is -4.63. The molecular formula is C53H93O10P. The van der Waals surface area contributed by atoms with Crippen molar-refractivity contribution >= 4 is 19.8 Å². The number of esters is 2. The van der Waals surface area contributed by atoms with Crippen LogP contribution in [0.4, 0.5) is 0 Å². The molecule has 0 bridgehead atoms. The highest BCUT2D eigenvalue weighted by atomic mass is 31.2. The lowest BCUT2D eigenvalue weighted by atomic mass is 10.0. The van der Waals surface area contributed by atoms with Crippen molar-refractivity contribution < 1.29 is 47.8 Å². The maximum atomic E-state index is 12.7. The van der Waals surface area contributed by atoms with Crippen LogP contribution in [0.25, 0.3) is 0 Å². The summed E-state index contributed by atoms with van der Waals surface area (Å²) in [7, 11) is -4.63. The molecule has 0 aliphatic rings. The van der Waals surface area contributed by atoms with Gasteiger partial charge in [-0.2, -0.15) is 0 Å². The molecule has 0 amide bonds. The molecule has 3 unspecified atom stereocenters. The van der Waals surface area contributed by atoms with Crippen LogP contribution in [0, 0.1) is 0 Å². The van der Waals surface area contributed by atoms with Gasteiger partial charge in [-0.25, -0.2) is 4.57 Å². The van der Waals surface area contributed by atoms with Crippen molar-refractivity contribution in [3.05, 3.63) is 72.9 Å². The van der Waals surface area contributed by atoms with Gasteiger partial charge in [0.1, 0.15) is 12.7 Å². The molecule has 0 rings (SSSR count). The predicted octanol–water partition coefficient (Wildman–Crippen LogP) is 14.4. The zero-order valence-corrected chi connectivity index (χ0v) is 41.4. The van der Waals surface area contributed by atoms with Crippen molar-refractivity contribution in [2.24, 2.45) is 0 Å². The van der Waals surface area contributed by atoms with Crippen molar-refractivity contribution in [1.29, 1.82) is 0 Å². The summed E-state index contributed by atoms with van der Waals surface area (Å²) < 4.78 is 32.9. The first-order valence-corrected chi connectivity index (χ1v) is 26.9. The van der Waals surface area contributed by atoms with Crippen molar-refractivity contribution in [3.63, 3.8) is 0 Å². The first kappa shape index (κ1) is 61.4. The minimum Gasteiger partial charge on any atom is -0.462 e. The number of aliphatic hydroxyl groups excluding tert-OH is 2. The molecule has 3 N–H and O–H groups in total. The molecule has 0 heterocycles. The topological polar surface area (TPSA) is 149 Å². The molecule has 0 aromatic rings. The van der Waals surface area contributed by atoms with E-state index in [9.17, 15) is 24.2 Å². The molecule has 0 radical (unpaired) electrons. The average molecular weight is 921 g/mol. The molecule has 0 fully saturated rings. The summed E-state index contributed by atoms with van der Waals surface area (Å²) >= 11 is 0. The van der Waals surface area contributed by atoms with E-state index in [1.807, 2.05) is 0 Å². The number of hydrogen-bond donors (Lipinski definition) is 3. The van der Waals surface area contributed by atoms with E-state index in [0.717, 1.165) is 83.5 Å². The summed E-state index contributed by atoms with van der Waals surface area (Å²) in [6, 6.07) is 0. The Kier molecular flexibility index (Phi) is 46.4. The fourth-order valence-corrected chi connectivity index (χ4v) is 7.51. The summed E-state index contributed by atoms with van der Waals surface area (Å²) in [5.41, 5.74) is 0. The van der Waals surface area contributed by atoms with Gasteiger partial charge in [-0.05, 0) is 83.5 Å². The first-order chi connectivity index (χ1) is 31.2. The van der Waals surface area contributed by atoms with Crippen LogP contribution in [0.15, 0.2) is 72.9 Å². The third-order valence-electron chi connectivity index (χ3n) is 10.6. The predicted molar refractivity (Wildman–Crippen MR) is 265 cm³/mol. The van der Waals surface area contributed by atoms with Gasteiger partial charge in [0.25, 0.3) is 0 Å². The Morgan fingerprint density at radius 3 is 1.30 bits per heavy atom. The van der Waals surface area contributed by atoms with Crippen molar-refractivity contribution in [2.75, 3.05) is 26.4 Å². The van der Waals surface area contributed by atoms with Gasteiger partial charge in [-0.3, -0.25) is 18.6 Å². The molecule has 0 spiro atoms. The van der Waals surface area contributed by atoms with E-state index in [1.54, 1.807) is 0 Å². The molecule has 10 nitrogen and oxygen atoms in total. The number of carbonyl (C=O) groups is 2. The molecule has 0 saturated heterocycles. The second-order valence-electron chi connectivity index (χ2n) is 16.8. The van der Waals surface area contributed by atoms with E-state index in [0.29, 0.717) is 12.8 Å². The van der Waals surface area contributed by atoms with Crippen molar-refractivity contribution in [3.8, 4) is 0 Å². The monoisotopic (exact) mass is 921 g/mol. The fourth-order valence-electron chi connectivity index (χ4n) is 6.72. The molecule has 3 atom stereocenters. The van der Waals surface area contributed by atoms with Gasteiger partial charge in [-0.1, -0.05) is 189 Å². The third-order valence-corrected chi connectivity index (χ3v) is 11.5. The summed E-state index contributed by atoms with van der Waals surface area (Å²) in [5.74, 6) is -0.938. The number of hydrogen-bond acceptors (Lipinski definition) is 9. The summed E-state index contributed by atoms with van der Waals surface area (Å²) in [4.78, 5) is 35.2. The van der Waals surface area contributed by atoms with E-state index in [2.05, 4.69) is 86.8 Å². The van der Waals surface area contributed by atoms with E-state index < -0.39 is 51.8 Å². The van der Waals surface area contributed by atoms with Crippen LogP contribution in [0.5, 0.6) is 0 Å². The summed E-state index contributed by atoms with van der Waals surface area (Å²) in [5, 5.41) is 18.4. The van der Waals surface area contributed by atoms with Crippen molar-refractivity contribution in [1.82, 2.24) is 0 Å². The molecule has 0 aliphatic heterocycles. The number of allylic oxidation sites excluding steroid dienone is 12. The molecule has 0 aromatic carbocycles. The molecule has 370 valence electrons. The number of carbonyl (C=O) groups excluding carboxylic acids is 2. The maximum absolute atomic E-state index is 12.7. The number of phosphoric ester groups is 1. The average Bonchev–Trinajstić information content (AvgIpc) is 3.28. The smallest absolute Gasteiger partial charge is 0.462 e. The molecule has 64 heavy (non-hydrogen) atoms. The lowest BCUT2D eigenvalue weighted by Gasteiger charge is -2.20. The van der Waals surface area contributed by atoms with Gasteiger partial charge in [0.05, 0.1) is 19.8 Å². The lowest BCUT2D eigenvalue weighted by molar-refractivity contribution is -0.161. The van der Waals surface area contributed by atoms with Crippen LogP contribution >= 0.6 is 7.82 Å². The van der Waals surface area contributed by atoms with Crippen molar-refractivity contribution in [2.45, 2.75) is 225 Å². The van der Waals surface area contributed by atoms with Gasteiger partial charge >= 0.3 is 19.8 Å². The zero-order valence-electron chi connectivity index (χ0n) is 40.5. The highest BCUT2D eigenvalue weighted by Crippen LogP contribution is 2.43. The molecule has 0 aromatic heterocycles. The van der Waals surface area contributed by atoms with E-state index in [4.69, 9.17) is 23.6 Å². The Bertz CT molecular complexity index is 1290. The highest BCUT2D eigenvalue weighted by molar-refractivity contribution is 7.47. The minimum absolute atomic E-state index is 0.174. The van der Waals surface area contributed by atoms with Gasteiger partial charge < -0.3 is 24.6 Å². The van der Waals surface area contributed by atoms with Crippen LogP contribution in [0.1, 0.15) is 213 Å². The molecular weight excluding hydrogens is 828 g/mol. The van der Waals surface area contributed by atoms with Crippen LogP contribution in [0.3, 0.4) is 0 Å². The standard InChI is InChI=1S/C53H93O10P/c1-3-5-7-9-11-13-15-17-19-21-23-24-25-26-27-29-31-33-35-37-39-41-43-45-53(57)63-51(49-62-64(58,59)61-47-50(55)46-54)48-60-52(56)44-42-40-38-36-34-32-30-28-22-20-18-16-14-12-10-8-6-4-2/h5,7,11,13-14,16-17,19-20,22-24,50-51,54-55H,3-4,6,8-10,12,15,18,21,25-49H2,1-2H3,(H,58,59)/b7-5-,13-11-,16-14-,19-17-,22-20-,24-23-. The Balaban J connectivity index is 4.21. The normalized spacial score (nSPS) is 14.3. The lowest BCUT2D eigenvalue weighted by Crippen LogP contribution is -2.29. The van der Waals surface area contributed by atoms with Gasteiger partial charge in [-0.15, -0.1) is 0 Å². The van der Waals surface area contributed by atoms with Crippen LogP contribution < -0.4 is 0 Å². The maximum Gasteiger partial charge on any atom is 0.472 e. The van der Waals surface area contributed by atoms with Crippen LogP contribution in [-0.4, -0.2) is 65.7 Å². The first-order valence-electron chi connectivity index (χ1n) is 25.4. The van der Waals surface area contributed by atoms with E-state index >= 15 is 0 Å². The van der Waals surface area contributed by atoms with Gasteiger partial charge in [0, 0.05) is 12.8 Å². The third kappa shape index (κ3) is 47.4. The number of phosphoric acid groups is 1. The largest absolute Gasteiger partial charge is 0.472 e. The number of aliphatic hydroxyl groups is 2. The Morgan fingerprint density at radius 1 is 0.484 bits per heavy atom. The number of unbranched alkanes of at least 4 members (excludes halogenated alkanes) is 21. The molecule has 11 heteroatoms. The second-order valence-corrected chi connectivity index (χ2v) is 18.3. The SMILES string of the molecule is CC/C=C\C/C=C\C/C=C\C/C=C\CCCCCCCCCCCCC(=O)OC(COC(=O)CCCCCCCCC/C=C\C/C=C\CCCCCC)COP(=O)(O)OCC(O)CO. The Labute approximate surface area is 390 Å². The fraction of sp³-hybridized carbons (Fsp3) is 0.736. The Hall–Kier alpha value is -2.59. The van der Waals surface area contributed by atoms with Crippen LogP contribution in [0.2, 0.25) is 0 Å². The van der Waals surface area contributed by atoms with Gasteiger partial charge in [0.2, 0.25) is 0 Å². The second kappa shape index (κ2) is 48.3. The van der Waals surface area contributed by atoms with Crippen LogP contribution in [-0.2, 0) is 32.7 Å². The highest BCUT2D eigenvalue weighted by Gasteiger charge is 2.27.